The van der Waals surface area contributed by atoms with Crippen LogP contribution in [0.1, 0.15) is 46.0 Å². The molecule has 0 bridgehead atoms. The molecule has 2 aromatic rings. The van der Waals surface area contributed by atoms with Crippen LogP contribution in [0, 0.1) is 5.92 Å². The van der Waals surface area contributed by atoms with E-state index < -0.39 is 5.63 Å². The Labute approximate surface area is 141 Å². The van der Waals surface area contributed by atoms with E-state index in [2.05, 4.69) is 13.8 Å². The molecule has 0 saturated heterocycles. The van der Waals surface area contributed by atoms with E-state index in [9.17, 15) is 14.7 Å². The third-order valence-electron chi connectivity index (χ3n) is 4.15. The lowest BCUT2D eigenvalue weighted by atomic mass is 9.94. The van der Waals surface area contributed by atoms with Crippen LogP contribution in [0.25, 0.3) is 11.0 Å². The summed E-state index contributed by atoms with van der Waals surface area (Å²) in [4.78, 5) is 23.4. The largest absolute Gasteiger partial charge is 0.507 e. The first-order valence-electron chi connectivity index (χ1n) is 8.44. The standard InChI is InChI=1S/C19H24O5/c1-3-5-6-13(4-2)9-14(20)12-23-15-7-8-16-17(21)11-19(22)24-18(16)10-15/h7-8,10-11,13,21H,3-6,9,12H2,1-2H3. The third-order valence-corrected chi connectivity index (χ3v) is 4.15. The van der Waals surface area contributed by atoms with Crippen molar-refractivity contribution in [3.8, 4) is 11.5 Å². The van der Waals surface area contributed by atoms with Crippen molar-refractivity contribution in [3.63, 3.8) is 0 Å². The highest BCUT2D eigenvalue weighted by molar-refractivity contribution is 5.84. The summed E-state index contributed by atoms with van der Waals surface area (Å²) in [6.45, 7) is 4.25. The smallest absolute Gasteiger partial charge is 0.339 e. The molecule has 130 valence electrons. The molecule has 1 atom stereocenters. The van der Waals surface area contributed by atoms with Gasteiger partial charge in [0.05, 0.1) is 11.5 Å². The molecule has 1 unspecified atom stereocenters. The number of hydrogen-bond acceptors (Lipinski definition) is 5. The van der Waals surface area contributed by atoms with Crippen LogP contribution in [-0.2, 0) is 4.79 Å². The second-order valence-corrected chi connectivity index (χ2v) is 6.06. The first-order valence-corrected chi connectivity index (χ1v) is 8.44. The average Bonchev–Trinajstić information content (AvgIpc) is 2.56. The van der Waals surface area contributed by atoms with Crippen molar-refractivity contribution in [3.05, 3.63) is 34.7 Å². The van der Waals surface area contributed by atoms with E-state index in [1.165, 1.54) is 6.07 Å². The normalized spacial score (nSPS) is 12.2. The van der Waals surface area contributed by atoms with Crippen LogP contribution < -0.4 is 10.4 Å². The van der Waals surface area contributed by atoms with E-state index in [1.807, 2.05) is 0 Å². The van der Waals surface area contributed by atoms with Gasteiger partial charge in [-0.3, -0.25) is 4.79 Å². The predicted molar refractivity (Wildman–Crippen MR) is 92.6 cm³/mol. The molecule has 0 fully saturated rings. The van der Waals surface area contributed by atoms with Gasteiger partial charge in [-0.05, 0) is 18.1 Å². The van der Waals surface area contributed by atoms with Crippen LogP contribution in [0.3, 0.4) is 0 Å². The number of unbranched alkanes of at least 4 members (excludes halogenated alkanes) is 1. The number of rotatable bonds is 9. The fourth-order valence-corrected chi connectivity index (χ4v) is 2.70. The number of ketones is 1. The molecule has 24 heavy (non-hydrogen) atoms. The lowest BCUT2D eigenvalue weighted by Crippen LogP contribution is -2.15. The zero-order valence-electron chi connectivity index (χ0n) is 14.2. The summed E-state index contributed by atoms with van der Waals surface area (Å²) >= 11 is 0. The minimum Gasteiger partial charge on any atom is -0.507 e. The molecule has 1 N–H and O–H groups in total. The van der Waals surface area contributed by atoms with Gasteiger partial charge >= 0.3 is 5.63 Å². The van der Waals surface area contributed by atoms with Crippen molar-refractivity contribution in [2.24, 2.45) is 5.92 Å². The molecular formula is C19H24O5. The van der Waals surface area contributed by atoms with Gasteiger partial charge in [-0.1, -0.05) is 39.5 Å². The molecule has 0 aliphatic carbocycles. The highest BCUT2D eigenvalue weighted by atomic mass is 16.5. The second-order valence-electron chi connectivity index (χ2n) is 6.06. The molecule has 0 saturated carbocycles. The molecule has 0 radical (unpaired) electrons. The van der Waals surface area contributed by atoms with Crippen LogP contribution in [-0.4, -0.2) is 17.5 Å². The van der Waals surface area contributed by atoms with Crippen molar-refractivity contribution >= 4 is 16.8 Å². The maximum Gasteiger partial charge on any atom is 0.339 e. The lowest BCUT2D eigenvalue weighted by Gasteiger charge is -2.13. The highest BCUT2D eigenvalue weighted by Gasteiger charge is 2.13. The monoisotopic (exact) mass is 332 g/mol. The zero-order chi connectivity index (χ0) is 17.5. The SMILES string of the molecule is CCCCC(CC)CC(=O)COc1ccc2c(O)cc(=O)oc2c1. The molecule has 0 aliphatic rings. The Balaban J connectivity index is 1.97. The van der Waals surface area contributed by atoms with E-state index in [1.54, 1.807) is 12.1 Å². The minimum atomic E-state index is -0.630. The van der Waals surface area contributed by atoms with E-state index in [0.717, 1.165) is 31.7 Å². The number of aromatic hydroxyl groups is 1. The molecule has 1 aromatic carbocycles. The zero-order valence-corrected chi connectivity index (χ0v) is 14.2. The molecule has 5 heteroatoms. The van der Waals surface area contributed by atoms with Gasteiger partial charge in [-0.2, -0.15) is 0 Å². The summed E-state index contributed by atoms with van der Waals surface area (Å²) in [5.74, 6) is 0.778. The predicted octanol–water partition coefficient (Wildman–Crippen LogP) is 4.05. The number of benzene rings is 1. The van der Waals surface area contributed by atoms with Crippen molar-refractivity contribution < 1.29 is 19.1 Å². The Morgan fingerprint density at radius 1 is 1.29 bits per heavy atom. The van der Waals surface area contributed by atoms with Gasteiger partial charge in [-0.15, -0.1) is 0 Å². The average molecular weight is 332 g/mol. The number of ether oxygens (including phenoxy) is 1. The third kappa shape index (κ3) is 4.85. The van der Waals surface area contributed by atoms with Gasteiger partial charge in [0.25, 0.3) is 0 Å². The van der Waals surface area contributed by atoms with Crippen LogP contribution in [0.15, 0.2) is 33.5 Å². The molecular weight excluding hydrogens is 308 g/mol. The maximum absolute atomic E-state index is 12.1. The first-order chi connectivity index (χ1) is 11.5. The van der Waals surface area contributed by atoms with Gasteiger partial charge in [-0.25, -0.2) is 4.79 Å². The Bertz CT molecular complexity index is 747. The van der Waals surface area contributed by atoms with Crippen molar-refractivity contribution in [2.45, 2.75) is 46.0 Å². The van der Waals surface area contributed by atoms with Gasteiger partial charge in [0.2, 0.25) is 0 Å². The van der Waals surface area contributed by atoms with Crippen LogP contribution in [0.5, 0.6) is 11.5 Å². The van der Waals surface area contributed by atoms with Crippen LogP contribution in [0.4, 0.5) is 0 Å². The van der Waals surface area contributed by atoms with Crippen molar-refractivity contribution in [1.29, 1.82) is 0 Å². The summed E-state index contributed by atoms with van der Waals surface area (Å²) in [5.41, 5.74) is -0.394. The Morgan fingerprint density at radius 2 is 2.08 bits per heavy atom. The van der Waals surface area contributed by atoms with E-state index in [0.29, 0.717) is 23.5 Å². The van der Waals surface area contributed by atoms with Crippen LogP contribution in [0.2, 0.25) is 0 Å². The lowest BCUT2D eigenvalue weighted by molar-refractivity contribution is -0.122. The van der Waals surface area contributed by atoms with E-state index >= 15 is 0 Å². The van der Waals surface area contributed by atoms with Crippen molar-refractivity contribution in [2.75, 3.05) is 6.61 Å². The first kappa shape index (κ1) is 18.0. The fraction of sp³-hybridized carbons (Fsp3) is 0.474. The highest BCUT2D eigenvalue weighted by Crippen LogP contribution is 2.26. The molecule has 1 aromatic heterocycles. The minimum absolute atomic E-state index is 0.00280. The molecule has 0 spiro atoms. The Hall–Kier alpha value is -2.30. The molecule has 1 heterocycles. The quantitative estimate of drug-likeness (QED) is 0.701. The number of carbonyl (C=O) groups excluding carboxylic acids is 1. The maximum atomic E-state index is 12.1. The van der Waals surface area contributed by atoms with Gasteiger partial charge < -0.3 is 14.3 Å². The Morgan fingerprint density at radius 3 is 2.79 bits per heavy atom. The molecule has 2 rings (SSSR count). The molecule has 5 nitrogen and oxygen atoms in total. The fourth-order valence-electron chi connectivity index (χ4n) is 2.70. The van der Waals surface area contributed by atoms with Gasteiger partial charge in [0, 0.05) is 12.5 Å². The summed E-state index contributed by atoms with van der Waals surface area (Å²) in [5, 5.41) is 10.1. The number of carbonyl (C=O) groups is 1. The molecule has 0 amide bonds. The van der Waals surface area contributed by atoms with Gasteiger partial charge in [0.15, 0.2) is 5.78 Å². The summed E-state index contributed by atoms with van der Waals surface area (Å²) in [6, 6.07) is 5.78. The number of Topliss-reactive ketones (excluding diaryl/α,β-unsaturated/α-hetero) is 1. The Kier molecular flexibility index (Phi) is 6.41. The number of hydrogen-bond donors (Lipinski definition) is 1. The van der Waals surface area contributed by atoms with E-state index in [4.69, 9.17) is 9.15 Å². The number of fused-ring (bicyclic) bond motifs is 1. The van der Waals surface area contributed by atoms with E-state index in [-0.39, 0.29) is 23.7 Å². The van der Waals surface area contributed by atoms with Crippen molar-refractivity contribution in [1.82, 2.24) is 0 Å². The van der Waals surface area contributed by atoms with Crippen LogP contribution >= 0.6 is 0 Å². The summed E-state index contributed by atoms with van der Waals surface area (Å²) in [7, 11) is 0. The summed E-state index contributed by atoms with van der Waals surface area (Å²) in [6.07, 6.45) is 4.86. The topological polar surface area (TPSA) is 76.7 Å². The molecule has 0 aliphatic heterocycles. The second kappa shape index (κ2) is 8.52. The van der Waals surface area contributed by atoms with Gasteiger partial charge in [0.1, 0.15) is 23.7 Å². The summed E-state index contributed by atoms with van der Waals surface area (Å²) < 4.78 is 10.5.